The van der Waals surface area contributed by atoms with Gasteiger partial charge in [-0.3, -0.25) is 23.8 Å². The van der Waals surface area contributed by atoms with Gasteiger partial charge in [-0.05, 0) is 37.1 Å². The Kier molecular flexibility index (Phi) is 7.07. The summed E-state index contributed by atoms with van der Waals surface area (Å²) in [6.45, 7) is 1.88. The van der Waals surface area contributed by atoms with Crippen LogP contribution in [-0.4, -0.2) is 30.2 Å². The number of hydrogen-bond donors (Lipinski definition) is 1. The molecule has 2 bridgehead atoms. The molecule has 0 fully saturated rings. The van der Waals surface area contributed by atoms with Crippen LogP contribution < -0.4 is 10.9 Å². The number of nitrogens with zero attached hydrogens (tertiary/aromatic N) is 5. The lowest BCUT2D eigenvalue weighted by molar-refractivity contribution is -0.119. The van der Waals surface area contributed by atoms with Crippen molar-refractivity contribution in [3.8, 4) is 22.5 Å². The van der Waals surface area contributed by atoms with Gasteiger partial charge in [-0.2, -0.15) is 5.10 Å². The summed E-state index contributed by atoms with van der Waals surface area (Å²) >= 11 is 5.83. The fourth-order valence-electron chi connectivity index (χ4n) is 4.80. The Morgan fingerprint density at radius 2 is 1.87 bits per heavy atom. The molecule has 0 radical (unpaired) electrons. The highest BCUT2D eigenvalue weighted by Gasteiger charge is 2.24. The van der Waals surface area contributed by atoms with E-state index in [4.69, 9.17) is 11.6 Å². The maximum atomic E-state index is 14.6. The molecule has 0 aliphatic carbocycles. The molecule has 1 aliphatic heterocycles. The average molecular weight is 539 g/mol. The number of benzene rings is 1. The van der Waals surface area contributed by atoms with Gasteiger partial charge in [-0.15, -0.1) is 0 Å². The minimum absolute atomic E-state index is 0.0826. The first-order valence-electron chi connectivity index (χ1n) is 12.3. The van der Waals surface area contributed by atoms with E-state index >= 15 is 0 Å². The van der Waals surface area contributed by atoms with Crippen molar-refractivity contribution in [3.63, 3.8) is 0 Å². The SMILES string of the molecule is C[C@@H]1CCCC[C@H](n2cnc(-c3c(F)ccc(Cl)c3F)cc2=O)c2cc(ccn2)-c2c(cnn2C)NC1=O. The molecular weight excluding hydrogens is 514 g/mol. The van der Waals surface area contributed by atoms with Gasteiger partial charge < -0.3 is 5.32 Å². The lowest BCUT2D eigenvalue weighted by atomic mass is 9.99. The molecule has 196 valence electrons. The van der Waals surface area contributed by atoms with E-state index in [0.717, 1.165) is 30.2 Å². The zero-order valence-corrected chi connectivity index (χ0v) is 21.5. The molecule has 11 heteroatoms. The van der Waals surface area contributed by atoms with Crippen molar-refractivity contribution < 1.29 is 13.6 Å². The van der Waals surface area contributed by atoms with Crippen molar-refractivity contribution in [2.75, 3.05) is 5.32 Å². The summed E-state index contributed by atoms with van der Waals surface area (Å²) in [5.41, 5.74) is 1.60. The van der Waals surface area contributed by atoms with E-state index in [9.17, 15) is 18.4 Å². The standard InChI is InChI=1S/C27H25ClF2N6O2/c1-15-5-3-4-6-22(19-11-16(9-10-31-19)26-21(34-27(15)38)13-33-35(26)2)36-14-32-20(12-23(36)37)24-18(29)8-7-17(28)25(24)30/h7-15,22H,3-6H2,1-2H3,(H,34,38)/t15-,22+/m1/s1. The summed E-state index contributed by atoms with van der Waals surface area (Å²) in [7, 11) is 1.78. The molecule has 4 heterocycles. The summed E-state index contributed by atoms with van der Waals surface area (Å²) in [5, 5.41) is 7.04. The van der Waals surface area contributed by atoms with Gasteiger partial charge in [0.2, 0.25) is 5.91 Å². The third-order valence-electron chi connectivity index (χ3n) is 6.88. The number of anilines is 1. The van der Waals surface area contributed by atoms with Crippen LogP contribution in [-0.2, 0) is 11.8 Å². The fourth-order valence-corrected chi connectivity index (χ4v) is 4.95. The Labute approximate surface area is 222 Å². The molecule has 0 saturated heterocycles. The Hall–Kier alpha value is -3.92. The Balaban J connectivity index is 1.60. The van der Waals surface area contributed by atoms with Crippen LogP contribution in [0.5, 0.6) is 0 Å². The second-order valence-electron chi connectivity index (χ2n) is 9.43. The van der Waals surface area contributed by atoms with Gasteiger partial charge in [0.05, 0.1) is 51.9 Å². The van der Waals surface area contributed by atoms with E-state index in [-0.39, 0.29) is 22.5 Å². The van der Waals surface area contributed by atoms with Crippen molar-refractivity contribution in [3.05, 3.63) is 81.8 Å². The number of hydrogen-bond acceptors (Lipinski definition) is 5. The number of amides is 1. The monoisotopic (exact) mass is 538 g/mol. The largest absolute Gasteiger partial charge is 0.323 e. The van der Waals surface area contributed by atoms with Crippen LogP contribution in [0, 0.1) is 17.6 Å². The first kappa shape index (κ1) is 25.7. The summed E-state index contributed by atoms with van der Waals surface area (Å²) in [6.07, 6.45) is 7.22. The van der Waals surface area contributed by atoms with Crippen molar-refractivity contribution >= 4 is 23.2 Å². The number of halogens is 3. The normalized spacial score (nSPS) is 18.1. The van der Waals surface area contributed by atoms with Gasteiger partial charge in [-0.1, -0.05) is 31.4 Å². The Morgan fingerprint density at radius 1 is 1.08 bits per heavy atom. The van der Waals surface area contributed by atoms with Crippen LogP contribution in [0.15, 0.2) is 53.8 Å². The van der Waals surface area contributed by atoms with Crippen LogP contribution in [0.25, 0.3) is 22.5 Å². The molecule has 5 rings (SSSR count). The molecule has 3 aromatic heterocycles. The Bertz CT molecular complexity index is 1580. The predicted molar refractivity (Wildman–Crippen MR) is 140 cm³/mol. The number of carbonyl (C=O) groups is 1. The molecule has 0 saturated carbocycles. The van der Waals surface area contributed by atoms with Crippen molar-refractivity contribution in [1.82, 2.24) is 24.3 Å². The van der Waals surface area contributed by atoms with Crippen LogP contribution in [0.3, 0.4) is 0 Å². The average Bonchev–Trinajstić information content (AvgIpc) is 3.26. The summed E-state index contributed by atoms with van der Waals surface area (Å²) in [6, 6.07) is 6.42. The zero-order chi connectivity index (χ0) is 27.0. The van der Waals surface area contributed by atoms with Crippen molar-refractivity contribution in [2.45, 2.75) is 38.6 Å². The molecule has 1 aromatic carbocycles. The molecule has 1 N–H and O–H groups in total. The van der Waals surface area contributed by atoms with Crippen LogP contribution in [0.2, 0.25) is 5.02 Å². The molecule has 1 aliphatic rings. The van der Waals surface area contributed by atoms with Crippen molar-refractivity contribution in [2.24, 2.45) is 13.0 Å². The van der Waals surface area contributed by atoms with E-state index in [1.807, 2.05) is 19.1 Å². The highest BCUT2D eigenvalue weighted by atomic mass is 35.5. The van der Waals surface area contributed by atoms with Gasteiger partial charge >= 0.3 is 0 Å². The first-order chi connectivity index (χ1) is 18.2. The summed E-state index contributed by atoms with van der Waals surface area (Å²) < 4.78 is 32.1. The van der Waals surface area contributed by atoms with Gasteiger partial charge in [-0.25, -0.2) is 13.8 Å². The molecule has 0 spiro atoms. The number of pyridine rings is 1. The molecule has 38 heavy (non-hydrogen) atoms. The minimum atomic E-state index is -0.975. The van der Waals surface area contributed by atoms with E-state index in [1.165, 1.54) is 10.9 Å². The number of rotatable bonds is 2. The predicted octanol–water partition coefficient (Wildman–Crippen LogP) is 5.38. The van der Waals surface area contributed by atoms with Gasteiger partial charge in [0.15, 0.2) is 5.82 Å². The number of aromatic nitrogens is 5. The van der Waals surface area contributed by atoms with Gasteiger partial charge in [0, 0.05) is 30.8 Å². The molecule has 2 atom stereocenters. The third-order valence-corrected chi connectivity index (χ3v) is 7.17. The molecule has 8 nitrogen and oxygen atoms in total. The second kappa shape index (κ2) is 10.4. The van der Waals surface area contributed by atoms with E-state index in [1.54, 1.807) is 24.1 Å². The topological polar surface area (TPSA) is 94.7 Å². The first-order valence-corrected chi connectivity index (χ1v) is 12.6. The number of aryl methyl sites for hydroxylation is 1. The smallest absolute Gasteiger partial charge is 0.254 e. The third kappa shape index (κ3) is 4.83. The number of nitrogens with one attached hydrogen (secondary N) is 1. The maximum Gasteiger partial charge on any atom is 0.254 e. The summed E-state index contributed by atoms with van der Waals surface area (Å²) in [5.74, 6) is -2.13. The fraction of sp³-hybridized carbons (Fsp3) is 0.296. The minimum Gasteiger partial charge on any atom is -0.323 e. The van der Waals surface area contributed by atoms with Crippen molar-refractivity contribution in [1.29, 1.82) is 0 Å². The van der Waals surface area contributed by atoms with Crippen LogP contribution >= 0.6 is 11.6 Å². The van der Waals surface area contributed by atoms with Crippen LogP contribution in [0.1, 0.15) is 44.3 Å². The van der Waals surface area contributed by atoms with E-state index < -0.39 is 28.8 Å². The van der Waals surface area contributed by atoms with Crippen LogP contribution in [0.4, 0.5) is 14.5 Å². The summed E-state index contributed by atoms with van der Waals surface area (Å²) in [4.78, 5) is 34.9. The highest BCUT2D eigenvalue weighted by molar-refractivity contribution is 6.31. The van der Waals surface area contributed by atoms with Gasteiger partial charge in [0.1, 0.15) is 5.82 Å². The number of fused-ring (bicyclic) bond motifs is 4. The quantitative estimate of drug-likeness (QED) is 0.346. The Morgan fingerprint density at radius 3 is 2.66 bits per heavy atom. The molecule has 0 unspecified atom stereocenters. The zero-order valence-electron chi connectivity index (χ0n) is 20.8. The van der Waals surface area contributed by atoms with Gasteiger partial charge in [0.25, 0.3) is 5.56 Å². The number of carbonyl (C=O) groups excluding carboxylic acids is 1. The highest BCUT2D eigenvalue weighted by Crippen LogP contribution is 2.33. The van der Waals surface area contributed by atoms with E-state index in [0.29, 0.717) is 36.3 Å². The van der Waals surface area contributed by atoms with E-state index in [2.05, 4.69) is 20.4 Å². The second-order valence-corrected chi connectivity index (χ2v) is 9.84. The molecule has 1 amide bonds. The molecular formula is C27H25ClF2N6O2. The molecule has 4 aromatic rings. The maximum absolute atomic E-state index is 14.6. The lowest BCUT2D eigenvalue weighted by Crippen LogP contribution is -2.26. The lowest BCUT2D eigenvalue weighted by Gasteiger charge is -2.20.